The number of carbonyl (C=O) groups is 1. The number of aromatic nitrogens is 4. The Hall–Kier alpha value is -3.69. The molecule has 40 heavy (non-hydrogen) atoms. The Bertz CT molecular complexity index is 1430. The number of benzene rings is 2. The maximum absolute atomic E-state index is 14.9. The number of alkyl halides is 1. The van der Waals surface area contributed by atoms with Crippen LogP contribution in [0.25, 0.3) is 11.4 Å². The number of hydrogen-bond acceptors (Lipinski definition) is 5. The third-order valence-corrected chi connectivity index (χ3v) is 6.76. The maximum atomic E-state index is 14.9. The lowest BCUT2D eigenvalue weighted by Crippen LogP contribution is -2.44. The monoisotopic (exact) mass is 566 g/mol. The van der Waals surface area contributed by atoms with Crippen molar-refractivity contribution >= 4 is 17.5 Å². The van der Waals surface area contributed by atoms with Gasteiger partial charge in [-0.1, -0.05) is 62.7 Å². The molecule has 2 aromatic carbocycles. The summed E-state index contributed by atoms with van der Waals surface area (Å²) in [6.07, 6.45) is 3.31. The van der Waals surface area contributed by atoms with Crippen molar-refractivity contribution in [1.29, 1.82) is 0 Å². The van der Waals surface area contributed by atoms with Crippen molar-refractivity contribution < 1.29 is 13.6 Å². The normalized spacial score (nSPS) is 13.2. The number of nitrogens with zero attached hydrogens (tertiary/aromatic N) is 5. The van der Waals surface area contributed by atoms with Gasteiger partial charge in [0.15, 0.2) is 11.6 Å². The van der Waals surface area contributed by atoms with Crippen LogP contribution in [0.5, 0.6) is 0 Å². The standard InChI is InChI=1S/C30H33ClF2N6O/c1-30(2,3)26(38(15-13-23(34)17-32)29(40)21-10-7-14-35-18-21)28-36-27(24-16-22(31)11-12-25(24)33)37-39(28)19-20-8-5-4-6-9-20/h4-12,14,16,18,23,26H,13,15,17,19,34H2,1-3H3. The summed E-state index contributed by atoms with van der Waals surface area (Å²) in [5.41, 5.74) is 6.85. The second-order valence-corrected chi connectivity index (χ2v) is 11.2. The summed E-state index contributed by atoms with van der Waals surface area (Å²) in [7, 11) is 0. The Morgan fingerprint density at radius 3 is 2.52 bits per heavy atom. The predicted octanol–water partition coefficient (Wildman–Crippen LogP) is 6.10. The van der Waals surface area contributed by atoms with Crippen LogP contribution >= 0.6 is 11.6 Å². The zero-order chi connectivity index (χ0) is 28.9. The van der Waals surface area contributed by atoms with Crippen LogP contribution in [-0.4, -0.2) is 49.8 Å². The van der Waals surface area contributed by atoms with Crippen LogP contribution in [0.3, 0.4) is 0 Å². The van der Waals surface area contributed by atoms with Gasteiger partial charge in [-0.05, 0) is 47.7 Å². The van der Waals surface area contributed by atoms with Crippen LogP contribution < -0.4 is 5.73 Å². The molecule has 7 nitrogen and oxygen atoms in total. The van der Waals surface area contributed by atoms with Crippen molar-refractivity contribution in [1.82, 2.24) is 24.6 Å². The molecule has 2 aromatic heterocycles. The Labute approximate surface area is 238 Å². The van der Waals surface area contributed by atoms with Gasteiger partial charge in [-0.3, -0.25) is 9.78 Å². The third-order valence-electron chi connectivity index (χ3n) is 6.53. The van der Waals surface area contributed by atoms with Gasteiger partial charge in [-0.15, -0.1) is 0 Å². The fourth-order valence-corrected chi connectivity index (χ4v) is 4.76. The summed E-state index contributed by atoms with van der Waals surface area (Å²) >= 11 is 6.19. The topological polar surface area (TPSA) is 89.9 Å². The van der Waals surface area contributed by atoms with Gasteiger partial charge in [0, 0.05) is 30.0 Å². The van der Waals surface area contributed by atoms with Crippen molar-refractivity contribution in [2.24, 2.45) is 11.1 Å². The number of pyridine rings is 1. The molecular weight excluding hydrogens is 534 g/mol. The SMILES string of the molecule is CC(C)(C)C(c1nc(-c2cc(Cl)ccc2F)nn1Cc1ccccc1)N(CCC(N)CF)C(=O)c1cccnc1. The lowest BCUT2D eigenvalue weighted by molar-refractivity contribution is 0.0469. The van der Waals surface area contributed by atoms with Crippen molar-refractivity contribution in [3.8, 4) is 11.4 Å². The number of amides is 1. The Morgan fingerprint density at radius 2 is 1.88 bits per heavy atom. The molecule has 0 aliphatic rings. The fourth-order valence-electron chi connectivity index (χ4n) is 4.59. The van der Waals surface area contributed by atoms with Crippen LogP contribution in [0.15, 0.2) is 73.1 Å². The van der Waals surface area contributed by atoms with E-state index in [1.54, 1.807) is 27.9 Å². The smallest absolute Gasteiger partial charge is 0.256 e. The Balaban J connectivity index is 1.90. The first-order valence-corrected chi connectivity index (χ1v) is 13.4. The predicted molar refractivity (Wildman–Crippen MR) is 152 cm³/mol. The van der Waals surface area contributed by atoms with Gasteiger partial charge in [0.2, 0.25) is 0 Å². The second-order valence-electron chi connectivity index (χ2n) is 10.8. The van der Waals surface area contributed by atoms with E-state index in [4.69, 9.17) is 27.4 Å². The van der Waals surface area contributed by atoms with E-state index in [1.807, 2.05) is 51.1 Å². The summed E-state index contributed by atoms with van der Waals surface area (Å²) in [5, 5.41) is 5.06. The zero-order valence-corrected chi connectivity index (χ0v) is 23.5. The zero-order valence-electron chi connectivity index (χ0n) is 22.8. The third kappa shape index (κ3) is 6.89. The first-order valence-electron chi connectivity index (χ1n) is 13.0. The van der Waals surface area contributed by atoms with E-state index in [-0.39, 0.29) is 30.3 Å². The lowest BCUT2D eigenvalue weighted by Gasteiger charge is -2.40. The van der Waals surface area contributed by atoms with Gasteiger partial charge < -0.3 is 10.6 Å². The minimum absolute atomic E-state index is 0.148. The number of carbonyl (C=O) groups excluding carboxylic acids is 1. The van der Waals surface area contributed by atoms with E-state index >= 15 is 0 Å². The number of hydrogen-bond donors (Lipinski definition) is 1. The molecule has 0 bridgehead atoms. The highest BCUT2D eigenvalue weighted by molar-refractivity contribution is 6.30. The molecular formula is C30H33ClF2N6O. The Morgan fingerprint density at radius 1 is 1.12 bits per heavy atom. The first kappa shape index (κ1) is 29.3. The molecule has 2 heterocycles. The van der Waals surface area contributed by atoms with Gasteiger partial charge in [0.1, 0.15) is 12.5 Å². The van der Waals surface area contributed by atoms with Crippen molar-refractivity contribution in [3.05, 3.63) is 101 Å². The highest BCUT2D eigenvalue weighted by atomic mass is 35.5. The highest BCUT2D eigenvalue weighted by Crippen LogP contribution is 2.39. The van der Waals surface area contributed by atoms with Gasteiger partial charge in [0.25, 0.3) is 5.91 Å². The molecule has 210 valence electrons. The molecule has 0 fully saturated rings. The summed E-state index contributed by atoms with van der Waals surface area (Å²) in [4.78, 5) is 24.6. The van der Waals surface area contributed by atoms with Gasteiger partial charge in [-0.2, -0.15) is 5.10 Å². The Kier molecular flexibility index (Phi) is 9.27. The van der Waals surface area contributed by atoms with E-state index in [0.717, 1.165) is 5.56 Å². The number of halogens is 3. The van der Waals surface area contributed by atoms with E-state index in [2.05, 4.69) is 4.98 Å². The lowest BCUT2D eigenvalue weighted by atomic mass is 9.84. The average Bonchev–Trinajstić information content (AvgIpc) is 3.34. The van der Waals surface area contributed by atoms with E-state index in [9.17, 15) is 13.6 Å². The van der Waals surface area contributed by atoms with Gasteiger partial charge >= 0.3 is 0 Å². The second kappa shape index (κ2) is 12.7. The molecule has 0 aliphatic carbocycles. The average molecular weight is 567 g/mol. The number of nitrogens with two attached hydrogens (primary N) is 1. The van der Waals surface area contributed by atoms with Crippen molar-refractivity contribution in [3.63, 3.8) is 0 Å². The molecule has 1 amide bonds. The molecule has 2 N–H and O–H groups in total. The summed E-state index contributed by atoms with van der Waals surface area (Å²) in [6.45, 7) is 5.74. The van der Waals surface area contributed by atoms with E-state index in [0.29, 0.717) is 23.0 Å². The van der Waals surface area contributed by atoms with Crippen LogP contribution in [0, 0.1) is 11.2 Å². The van der Waals surface area contributed by atoms with Crippen LogP contribution in [0.2, 0.25) is 5.02 Å². The summed E-state index contributed by atoms with van der Waals surface area (Å²) in [5.74, 6) is -0.215. The molecule has 0 saturated heterocycles. The molecule has 4 rings (SSSR count). The fraction of sp³-hybridized carbons (Fsp3) is 0.333. The summed E-state index contributed by atoms with van der Waals surface area (Å²) in [6, 6.07) is 15.9. The van der Waals surface area contributed by atoms with Crippen LogP contribution in [-0.2, 0) is 6.54 Å². The summed E-state index contributed by atoms with van der Waals surface area (Å²) < 4.78 is 30.0. The molecule has 0 spiro atoms. The molecule has 4 aromatic rings. The maximum Gasteiger partial charge on any atom is 0.256 e. The minimum atomic E-state index is -0.733. The highest BCUT2D eigenvalue weighted by Gasteiger charge is 2.39. The first-order chi connectivity index (χ1) is 19.1. The molecule has 2 atom stereocenters. The number of rotatable bonds is 10. The van der Waals surface area contributed by atoms with Crippen molar-refractivity contribution in [2.75, 3.05) is 13.2 Å². The molecule has 10 heteroatoms. The molecule has 0 aliphatic heterocycles. The largest absolute Gasteiger partial charge is 0.328 e. The van der Waals surface area contributed by atoms with E-state index < -0.39 is 30.0 Å². The van der Waals surface area contributed by atoms with Gasteiger partial charge in [0.05, 0.1) is 23.7 Å². The van der Waals surface area contributed by atoms with Crippen LogP contribution in [0.1, 0.15) is 55.0 Å². The quantitative estimate of drug-likeness (QED) is 0.251. The molecule has 0 radical (unpaired) electrons. The van der Waals surface area contributed by atoms with Crippen molar-refractivity contribution in [2.45, 2.75) is 45.8 Å². The molecule has 2 unspecified atom stereocenters. The minimum Gasteiger partial charge on any atom is -0.328 e. The van der Waals surface area contributed by atoms with E-state index in [1.165, 1.54) is 24.4 Å². The molecule has 0 saturated carbocycles. The van der Waals surface area contributed by atoms with Gasteiger partial charge in [-0.25, -0.2) is 18.4 Å². The van der Waals surface area contributed by atoms with Crippen LogP contribution in [0.4, 0.5) is 8.78 Å².